The summed E-state index contributed by atoms with van der Waals surface area (Å²) in [6.07, 6.45) is -2.88. The minimum atomic E-state index is -4.39. The number of nitrogens with one attached hydrogen (secondary N) is 1. The molecule has 4 aromatic carbocycles. The average molecular weight is 603 g/mol. The summed E-state index contributed by atoms with van der Waals surface area (Å²) in [6, 6.07) is 21.6. The van der Waals surface area contributed by atoms with Crippen molar-refractivity contribution in [2.24, 2.45) is 0 Å². The summed E-state index contributed by atoms with van der Waals surface area (Å²) in [5.41, 5.74) is 6.46. The number of halogens is 4. The van der Waals surface area contributed by atoms with E-state index < -0.39 is 11.7 Å². The molecule has 0 radical (unpaired) electrons. The van der Waals surface area contributed by atoms with E-state index >= 15 is 0 Å². The van der Waals surface area contributed by atoms with Crippen LogP contribution in [0.4, 0.5) is 17.6 Å². The highest BCUT2D eigenvalue weighted by atomic mass is 19.4. The molecule has 0 fully saturated rings. The Hall–Kier alpha value is -4.50. The molecule has 0 saturated heterocycles. The van der Waals surface area contributed by atoms with Crippen molar-refractivity contribution < 1.29 is 31.8 Å². The van der Waals surface area contributed by atoms with Gasteiger partial charge in [-0.25, -0.2) is 4.39 Å². The van der Waals surface area contributed by atoms with Gasteiger partial charge in [-0.3, -0.25) is 4.90 Å². The van der Waals surface area contributed by atoms with Crippen molar-refractivity contribution in [1.82, 2.24) is 9.88 Å². The van der Waals surface area contributed by atoms with E-state index in [0.29, 0.717) is 17.1 Å². The van der Waals surface area contributed by atoms with Gasteiger partial charge in [0.05, 0.1) is 25.8 Å². The number of fused-ring (bicyclic) bond motifs is 6. The highest BCUT2D eigenvalue weighted by Crippen LogP contribution is 2.50. The van der Waals surface area contributed by atoms with Crippen molar-refractivity contribution in [3.8, 4) is 17.2 Å². The van der Waals surface area contributed by atoms with Gasteiger partial charge >= 0.3 is 6.18 Å². The topological polar surface area (TPSA) is 46.7 Å². The molecule has 3 heterocycles. The zero-order valence-corrected chi connectivity index (χ0v) is 24.2. The molecular weight excluding hydrogens is 572 g/mol. The molecule has 0 saturated carbocycles. The normalized spacial score (nSPS) is 18.0. The number of hydrogen-bond donors (Lipinski definition) is 1. The van der Waals surface area contributed by atoms with Crippen LogP contribution in [0.5, 0.6) is 17.2 Å². The Morgan fingerprint density at radius 2 is 1.66 bits per heavy atom. The van der Waals surface area contributed by atoms with Gasteiger partial charge in [0.25, 0.3) is 0 Å². The number of ether oxygens (including phenoxy) is 3. The van der Waals surface area contributed by atoms with E-state index in [2.05, 4.69) is 16.0 Å². The molecule has 2 atom stereocenters. The first-order valence-electron chi connectivity index (χ1n) is 14.4. The first-order chi connectivity index (χ1) is 21.2. The molecule has 2 aliphatic rings. The van der Waals surface area contributed by atoms with Crippen LogP contribution in [-0.4, -0.2) is 30.6 Å². The molecule has 44 heavy (non-hydrogen) atoms. The predicted octanol–water partition coefficient (Wildman–Crippen LogP) is 8.17. The quantitative estimate of drug-likeness (QED) is 0.199. The Labute approximate surface area is 252 Å². The summed E-state index contributed by atoms with van der Waals surface area (Å²) in [5, 5.41) is 1.09. The second kappa shape index (κ2) is 10.9. The summed E-state index contributed by atoms with van der Waals surface area (Å²) in [5.74, 6) is 1.59. The maximum absolute atomic E-state index is 14.0. The van der Waals surface area contributed by atoms with Crippen molar-refractivity contribution in [2.45, 2.75) is 37.7 Å². The van der Waals surface area contributed by atoms with Crippen LogP contribution in [0.25, 0.3) is 10.9 Å². The van der Waals surface area contributed by atoms with Gasteiger partial charge in [-0.05, 0) is 95.3 Å². The van der Waals surface area contributed by atoms with E-state index in [4.69, 9.17) is 14.2 Å². The van der Waals surface area contributed by atoms with Crippen LogP contribution in [0.1, 0.15) is 51.2 Å². The van der Waals surface area contributed by atoms with Gasteiger partial charge in [-0.2, -0.15) is 13.2 Å². The van der Waals surface area contributed by atoms with Crippen molar-refractivity contribution in [3.05, 3.63) is 124 Å². The maximum atomic E-state index is 14.0. The number of aromatic amines is 1. The number of hydrogen-bond acceptors (Lipinski definition) is 4. The van der Waals surface area contributed by atoms with Crippen LogP contribution in [0.3, 0.4) is 0 Å². The third-order valence-electron chi connectivity index (χ3n) is 8.83. The van der Waals surface area contributed by atoms with E-state index in [1.807, 2.05) is 36.4 Å². The van der Waals surface area contributed by atoms with Crippen LogP contribution in [0, 0.1) is 5.82 Å². The summed E-state index contributed by atoms with van der Waals surface area (Å²) in [6.45, 7) is 0.874. The fourth-order valence-corrected chi connectivity index (χ4v) is 6.68. The Kier molecular flexibility index (Phi) is 7.00. The lowest BCUT2D eigenvalue weighted by atomic mass is 9.80. The van der Waals surface area contributed by atoms with Gasteiger partial charge in [-0.15, -0.1) is 0 Å². The van der Waals surface area contributed by atoms with Gasteiger partial charge in [0.15, 0.2) is 11.5 Å². The number of methoxy groups -OCH3 is 2. The summed E-state index contributed by atoms with van der Waals surface area (Å²) in [7, 11) is 3.24. The molecule has 1 aromatic heterocycles. The van der Waals surface area contributed by atoms with E-state index in [9.17, 15) is 17.6 Å². The van der Waals surface area contributed by atoms with Crippen LogP contribution in [0.2, 0.25) is 0 Å². The third-order valence-corrected chi connectivity index (χ3v) is 8.83. The number of rotatable bonds is 6. The second-order valence-corrected chi connectivity index (χ2v) is 11.3. The molecule has 5 aromatic rings. The molecule has 0 bridgehead atoms. The third kappa shape index (κ3) is 4.95. The van der Waals surface area contributed by atoms with Crippen molar-refractivity contribution in [1.29, 1.82) is 0 Å². The van der Waals surface area contributed by atoms with Gasteiger partial charge in [-0.1, -0.05) is 24.3 Å². The SMILES string of the molecule is COc1ccc2[nH]c3c(c2c1)CC1c2cc(OCc4ccc(C(F)(F)F)cc4)c(OC)cc2CCN1C3c1ccc(F)cc1. The first kappa shape index (κ1) is 28.3. The number of nitrogens with zero attached hydrogens (tertiary/aromatic N) is 1. The Balaban J connectivity index is 1.28. The molecule has 0 amide bonds. The average Bonchev–Trinajstić information content (AvgIpc) is 3.39. The number of alkyl halides is 3. The van der Waals surface area contributed by atoms with E-state index in [0.717, 1.165) is 70.6 Å². The second-order valence-electron chi connectivity index (χ2n) is 11.3. The molecular formula is C35H30F4N2O3. The fraction of sp³-hybridized carbons (Fsp3) is 0.257. The number of benzene rings is 4. The zero-order valence-electron chi connectivity index (χ0n) is 24.2. The van der Waals surface area contributed by atoms with Crippen LogP contribution < -0.4 is 14.2 Å². The lowest BCUT2D eigenvalue weighted by molar-refractivity contribution is -0.137. The van der Waals surface area contributed by atoms with Crippen LogP contribution in [0.15, 0.2) is 78.9 Å². The molecule has 7 rings (SSSR count). The Bertz CT molecular complexity index is 1830. The van der Waals surface area contributed by atoms with Crippen LogP contribution >= 0.6 is 0 Å². The molecule has 0 aliphatic carbocycles. The summed E-state index contributed by atoms with van der Waals surface area (Å²) in [4.78, 5) is 6.12. The van der Waals surface area contributed by atoms with Crippen molar-refractivity contribution in [2.75, 3.05) is 20.8 Å². The molecule has 5 nitrogen and oxygen atoms in total. The zero-order chi connectivity index (χ0) is 30.6. The van der Waals surface area contributed by atoms with Gasteiger partial charge in [0.1, 0.15) is 18.2 Å². The maximum Gasteiger partial charge on any atom is 0.416 e. The van der Waals surface area contributed by atoms with Crippen molar-refractivity contribution in [3.63, 3.8) is 0 Å². The molecule has 0 spiro atoms. The Morgan fingerprint density at radius 3 is 2.36 bits per heavy atom. The Morgan fingerprint density at radius 1 is 0.886 bits per heavy atom. The molecule has 9 heteroatoms. The number of H-pyrrole nitrogens is 1. The van der Waals surface area contributed by atoms with Gasteiger partial charge in [0.2, 0.25) is 0 Å². The molecule has 226 valence electrons. The summed E-state index contributed by atoms with van der Waals surface area (Å²) < 4.78 is 70.5. The highest BCUT2D eigenvalue weighted by Gasteiger charge is 2.41. The van der Waals surface area contributed by atoms with E-state index in [-0.39, 0.29) is 24.5 Å². The largest absolute Gasteiger partial charge is 0.497 e. The standard InChI is InChI=1S/C35H30F4N2O3/c1-42-25-11-12-29-27(16-25)28-17-30-26-18-32(44-19-20-3-7-23(8-4-20)35(37,38)39)31(43-2)15-22(26)13-14-41(30)34(33(28)40-29)21-5-9-24(36)10-6-21/h3-12,15-16,18,30,34,40H,13-14,17,19H2,1-2H3. The van der Waals surface area contributed by atoms with Gasteiger partial charge < -0.3 is 19.2 Å². The lowest BCUT2D eigenvalue weighted by Crippen LogP contribution is -2.43. The minimum absolute atomic E-state index is 0.00849. The number of aromatic nitrogens is 1. The molecule has 2 unspecified atom stereocenters. The fourth-order valence-electron chi connectivity index (χ4n) is 6.68. The van der Waals surface area contributed by atoms with Crippen molar-refractivity contribution >= 4 is 10.9 Å². The summed E-state index contributed by atoms with van der Waals surface area (Å²) >= 11 is 0. The lowest BCUT2D eigenvalue weighted by Gasteiger charge is -2.46. The van der Waals surface area contributed by atoms with E-state index in [1.165, 1.54) is 29.8 Å². The monoisotopic (exact) mass is 602 g/mol. The first-order valence-corrected chi connectivity index (χ1v) is 14.4. The van der Waals surface area contributed by atoms with E-state index in [1.54, 1.807) is 14.2 Å². The molecule has 1 N–H and O–H groups in total. The minimum Gasteiger partial charge on any atom is -0.497 e. The van der Waals surface area contributed by atoms with Crippen LogP contribution in [-0.2, 0) is 25.6 Å². The van der Waals surface area contributed by atoms with Gasteiger partial charge in [0, 0.05) is 29.2 Å². The predicted molar refractivity (Wildman–Crippen MR) is 159 cm³/mol. The highest BCUT2D eigenvalue weighted by molar-refractivity contribution is 5.87. The molecule has 2 aliphatic heterocycles. The smallest absolute Gasteiger partial charge is 0.416 e.